The summed E-state index contributed by atoms with van der Waals surface area (Å²) < 4.78 is 0. The standard InChI is InChI=1S/C13H17O2/c1-3-4-5-8-11-10(2)7-6-9-12(11)13(14)15/h3,6-7,9H,4-5,8H2,1-2H3,(H,14,15). The van der Waals surface area contributed by atoms with Gasteiger partial charge in [0.2, 0.25) is 0 Å². The largest absolute Gasteiger partial charge is 0.478 e. The Balaban J connectivity index is 2.87. The van der Waals surface area contributed by atoms with Crippen LogP contribution in [-0.4, -0.2) is 11.1 Å². The van der Waals surface area contributed by atoms with Gasteiger partial charge in [0.05, 0.1) is 5.56 Å². The Morgan fingerprint density at radius 2 is 2.20 bits per heavy atom. The van der Waals surface area contributed by atoms with Crippen molar-refractivity contribution in [2.45, 2.75) is 33.1 Å². The Labute approximate surface area is 90.9 Å². The van der Waals surface area contributed by atoms with E-state index in [9.17, 15) is 4.79 Å². The number of unbranched alkanes of at least 4 members (excludes halogenated alkanes) is 2. The van der Waals surface area contributed by atoms with Crippen molar-refractivity contribution >= 4 is 5.97 Å². The van der Waals surface area contributed by atoms with Crippen molar-refractivity contribution < 1.29 is 9.90 Å². The summed E-state index contributed by atoms with van der Waals surface area (Å²) in [6, 6.07) is 5.45. The fourth-order valence-electron chi connectivity index (χ4n) is 1.72. The Morgan fingerprint density at radius 1 is 1.47 bits per heavy atom. The Kier molecular flexibility index (Phi) is 4.35. The van der Waals surface area contributed by atoms with Crippen LogP contribution in [0, 0.1) is 13.3 Å². The second kappa shape index (κ2) is 5.54. The monoisotopic (exact) mass is 205 g/mol. The number of hydrogen-bond acceptors (Lipinski definition) is 1. The molecule has 2 nitrogen and oxygen atoms in total. The average Bonchev–Trinajstić information content (AvgIpc) is 2.20. The van der Waals surface area contributed by atoms with E-state index in [1.165, 1.54) is 0 Å². The lowest BCUT2D eigenvalue weighted by Crippen LogP contribution is -2.04. The van der Waals surface area contributed by atoms with Crippen molar-refractivity contribution in [2.24, 2.45) is 0 Å². The van der Waals surface area contributed by atoms with Gasteiger partial charge in [-0.25, -0.2) is 4.79 Å². The molecular formula is C13H17O2. The molecule has 1 radical (unpaired) electrons. The quantitative estimate of drug-likeness (QED) is 0.749. The molecule has 0 unspecified atom stereocenters. The molecule has 0 spiro atoms. The van der Waals surface area contributed by atoms with Crippen LogP contribution < -0.4 is 0 Å². The smallest absolute Gasteiger partial charge is 0.335 e. The van der Waals surface area contributed by atoms with Gasteiger partial charge in [-0.15, -0.1) is 0 Å². The minimum Gasteiger partial charge on any atom is -0.478 e. The first-order valence-electron chi connectivity index (χ1n) is 5.26. The number of rotatable bonds is 5. The van der Waals surface area contributed by atoms with Gasteiger partial charge in [0.15, 0.2) is 0 Å². The van der Waals surface area contributed by atoms with Crippen molar-refractivity contribution in [1.82, 2.24) is 0 Å². The van der Waals surface area contributed by atoms with E-state index in [-0.39, 0.29) is 0 Å². The van der Waals surface area contributed by atoms with E-state index in [1.54, 1.807) is 12.1 Å². The second-order valence-electron chi connectivity index (χ2n) is 3.71. The summed E-state index contributed by atoms with van der Waals surface area (Å²) in [5.41, 5.74) is 2.50. The van der Waals surface area contributed by atoms with Gasteiger partial charge in [0.25, 0.3) is 0 Å². The molecule has 0 aliphatic carbocycles. The molecule has 1 aromatic carbocycles. The van der Waals surface area contributed by atoms with Gasteiger partial charge >= 0.3 is 5.97 Å². The maximum Gasteiger partial charge on any atom is 0.335 e. The van der Waals surface area contributed by atoms with Crippen LogP contribution >= 0.6 is 0 Å². The van der Waals surface area contributed by atoms with Crippen LogP contribution in [0.3, 0.4) is 0 Å². The van der Waals surface area contributed by atoms with Gasteiger partial charge in [0.1, 0.15) is 0 Å². The number of hydrogen-bond donors (Lipinski definition) is 1. The summed E-state index contributed by atoms with van der Waals surface area (Å²) in [6.07, 6.45) is 5.01. The van der Waals surface area contributed by atoms with E-state index in [4.69, 9.17) is 5.11 Å². The third-order valence-electron chi connectivity index (χ3n) is 2.56. The van der Waals surface area contributed by atoms with Gasteiger partial charge in [-0.3, -0.25) is 0 Å². The first-order valence-corrected chi connectivity index (χ1v) is 5.26. The second-order valence-corrected chi connectivity index (χ2v) is 3.71. The Morgan fingerprint density at radius 3 is 2.80 bits per heavy atom. The molecule has 81 valence electrons. The van der Waals surface area contributed by atoms with Crippen molar-refractivity contribution in [3.8, 4) is 0 Å². The molecule has 0 amide bonds. The summed E-state index contributed by atoms with van der Waals surface area (Å²) >= 11 is 0. The van der Waals surface area contributed by atoms with E-state index in [0.29, 0.717) is 5.56 Å². The minimum atomic E-state index is -0.825. The van der Waals surface area contributed by atoms with Gasteiger partial charge in [-0.1, -0.05) is 25.5 Å². The van der Waals surface area contributed by atoms with Crippen LogP contribution in [0.4, 0.5) is 0 Å². The van der Waals surface area contributed by atoms with Crippen LogP contribution in [0.15, 0.2) is 18.2 Å². The molecule has 1 rings (SSSR count). The first-order chi connectivity index (χ1) is 7.16. The molecule has 0 atom stereocenters. The minimum absolute atomic E-state index is 0.450. The highest BCUT2D eigenvalue weighted by atomic mass is 16.4. The van der Waals surface area contributed by atoms with E-state index < -0.39 is 5.97 Å². The third kappa shape index (κ3) is 3.08. The number of carboxylic acids is 1. The number of aromatic carboxylic acids is 1. The molecule has 0 aromatic heterocycles. The molecule has 0 saturated heterocycles. The maximum atomic E-state index is 11.0. The lowest BCUT2D eigenvalue weighted by atomic mass is 9.97. The first kappa shape index (κ1) is 11.8. The lowest BCUT2D eigenvalue weighted by Gasteiger charge is -2.08. The SMILES string of the molecule is C[CH]CCCc1c(C)cccc1C(=O)O. The summed E-state index contributed by atoms with van der Waals surface area (Å²) in [6.45, 7) is 3.99. The van der Waals surface area contributed by atoms with Crippen molar-refractivity contribution in [2.75, 3.05) is 0 Å². The van der Waals surface area contributed by atoms with Gasteiger partial charge in [-0.05, 0) is 43.4 Å². The van der Waals surface area contributed by atoms with Crippen molar-refractivity contribution in [1.29, 1.82) is 0 Å². The molecule has 0 heterocycles. The zero-order chi connectivity index (χ0) is 11.3. The molecule has 15 heavy (non-hydrogen) atoms. The highest BCUT2D eigenvalue weighted by Gasteiger charge is 2.10. The molecular weight excluding hydrogens is 188 g/mol. The molecule has 0 aliphatic heterocycles. The molecule has 1 aromatic rings. The van der Waals surface area contributed by atoms with Crippen LogP contribution in [-0.2, 0) is 6.42 Å². The fourth-order valence-corrected chi connectivity index (χ4v) is 1.72. The summed E-state index contributed by atoms with van der Waals surface area (Å²) in [5.74, 6) is -0.825. The van der Waals surface area contributed by atoms with Crippen molar-refractivity contribution in [3.05, 3.63) is 41.3 Å². The van der Waals surface area contributed by atoms with Gasteiger partial charge in [-0.2, -0.15) is 0 Å². The summed E-state index contributed by atoms with van der Waals surface area (Å²) in [4.78, 5) is 11.0. The Bertz CT molecular complexity index is 342. The summed E-state index contributed by atoms with van der Waals surface area (Å²) in [5, 5.41) is 9.04. The van der Waals surface area contributed by atoms with Crippen LogP contribution in [0.2, 0.25) is 0 Å². The van der Waals surface area contributed by atoms with E-state index in [1.807, 2.05) is 19.9 Å². The molecule has 0 bridgehead atoms. The number of carboxylic acid groups (broad SMARTS) is 1. The van der Waals surface area contributed by atoms with Crippen LogP contribution in [0.1, 0.15) is 41.3 Å². The number of aryl methyl sites for hydroxylation is 1. The average molecular weight is 205 g/mol. The van der Waals surface area contributed by atoms with Crippen LogP contribution in [0.25, 0.3) is 0 Å². The highest BCUT2D eigenvalue weighted by molar-refractivity contribution is 5.89. The van der Waals surface area contributed by atoms with Crippen molar-refractivity contribution in [3.63, 3.8) is 0 Å². The lowest BCUT2D eigenvalue weighted by molar-refractivity contribution is 0.0695. The van der Waals surface area contributed by atoms with Gasteiger partial charge in [0, 0.05) is 0 Å². The van der Waals surface area contributed by atoms with E-state index in [2.05, 4.69) is 6.42 Å². The molecule has 0 aliphatic rings. The molecule has 0 saturated carbocycles. The predicted molar refractivity (Wildman–Crippen MR) is 61.1 cm³/mol. The predicted octanol–water partition coefficient (Wildman–Crippen LogP) is 3.24. The van der Waals surface area contributed by atoms with Gasteiger partial charge < -0.3 is 5.11 Å². The normalized spacial score (nSPS) is 10.3. The maximum absolute atomic E-state index is 11.0. The fraction of sp³-hybridized carbons (Fsp3) is 0.385. The topological polar surface area (TPSA) is 37.3 Å². The highest BCUT2D eigenvalue weighted by Crippen LogP contribution is 2.17. The molecule has 2 heteroatoms. The summed E-state index contributed by atoms with van der Waals surface area (Å²) in [7, 11) is 0. The number of benzene rings is 1. The Hall–Kier alpha value is -1.31. The van der Waals surface area contributed by atoms with Crippen LogP contribution in [0.5, 0.6) is 0 Å². The van der Waals surface area contributed by atoms with E-state index >= 15 is 0 Å². The number of carbonyl (C=O) groups is 1. The van der Waals surface area contributed by atoms with E-state index in [0.717, 1.165) is 30.4 Å². The third-order valence-corrected chi connectivity index (χ3v) is 2.56. The molecule has 1 N–H and O–H groups in total. The zero-order valence-electron chi connectivity index (χ0n) is 9.29. The molecule has 0 fully saturated rings. The zero-order valence-corrected chi connectivity index (χ0v) is 9.29.